The molecule has 1 fully saturated rings. The van der Waals surface area contributed by atoms with Gasteiger partial charge in [0.15, 0.2) is 0 Å². The van der Waals surface area contributed by atoms with Gasteiger partial charge >= 0.3 is 0 Å². The maximum absolute atomic E-state index is 13.4. The summed E-state index contributed by atoms with van der Waals surface area (Å²) >= 11 is 0. The largest absolute Gasteiger partial charge is 0.399 e. The minimum absolute atomic E-state index is 0.197. The van der Waals surface area contributed by atoms with Crippen molar-refractivity contribution in [3.8, 4) is 0 Å². The fourth-order valence-corrected chi connectivity index (χ4v) is 1.60. The number of rotatable bonds is 3. The lowest BCUT2D eigenvalue weighted by atomic mass is 10.2. The summed E-state index contributed by atoms with van der Waals surface area (Å²) in [4.78, 5) is 2.19. The second-order valence-corrected chi connectivity index (χ2v) is 4.00. The zero-order chi connectivity index (χ0) is 10.1. The normalized spacial score (nSPS) is 16.2. The Bertz CT molecular complexity index is 334. The van der Waals surface area contributed by atoms with Gasteiger partial charge in [0, 0.05) is 23.8 Å². The molecule has 0 saturated heterocycles. The molecule has 14 heavy (non-hydrogen) atoms. The Balaban J connectivity index is 2.07. The fraction of sp³-hybridized carbons (Fsp3) is 0.455. The number of nitrogens with zero attached hydrogens (tertiary/aromatic N) is 1. The van der Waals surface area contributed by atoms with E-state index in [-0.39, 0.29) is 5.82 Å². The summed E-state index contributed by atoms with van der Waals surface area (Å²) in [7, 11) is 2.04. The van der Waals surface area contributed by atoms with Crippen LogP contribution in [0.15, 0.2) is 18.2 Å². The van der Waals surface area contributed by atoms with Gasteiger partial charge in [-0.2, -0.15) is 0 Å². The zero-order valence-corrected chi connectivity index (χ0v) is 8.33. The van der Waals surface area contributed by atoms with Crippen LogP contribution in [0.1, 0.15) is 18.4 Å². The van der Waals surface area contributed by atoms with Crippen molar-refractivity contribution in [1.82, 2.24) is 4.90 Å². The SMILES string of the molecule is CN(Cc1ccc(N)cc1F)C1CC1. The van der Waals surface area contributed by atoms with Gasteiger partial charge in [0.25, 0.3) is 0 Å². The van der Waals surface area contributed by atoms with Gasteiger partial charge in [0.1, 0.15) is 5.82 Å². The second-order valence-electron chi connectivity index (χ2n) is 4.00. The van der Waals surface area contributed by atoms with Crippen molar-refractivity contribution in [3.05, 3.63) is 29.6 Å². The summed E-state index contributed by atoms with van der Waals surface area (Å²) in [6.07, 6.45) is 2.49. The number of benzene rings is 1. The monoisotopic (exact) mass is 194 g/mol. The van der Waals surface area contributed by atoms with E-state index in [1.807, 2.05) is 7.05 Å². The number of nitrogens with two attached hydrogens (primary N) is 1. The predicted octanol–water partition coefficient (Wildman–Crippen LogP) is 2.00. The van der Waals surface area contributed by atoms with E-state index in [4.69, 9.17) is 5.73 Å². The molecule has 0 heterocycles. The van der Waals surface area contributed by atoms with E-state index in [1.165, 1.54) is 18.9 Å². The molecule has 0 spiro atoms. The average Bonchev–Trinajstić information content (AvgIpc) is 2.92. The molecule has 0 aliphatic heterocycles. The van der Waals surface area contributed by atoms with Crippen molar-refractivity contribution in [3.63, 3.8) is 0 Å². The Kier molecular flexibility index (Phi) is 2.42. The molecule has 1 aromatic rings. The number of hydrogen-bond acceptors (Lipinski definition) is 2. The molecule has 3 heteroatoms. The molecule has 2 nitrogen and oxygen atoms in total. The summed E-state index contributed by atoms with van der Waals surface area (Å²) in [5, 5.41) is 0. The first-order valence-corrected chi connectivity index (χ1v) is 4.91. The third-order valence-corrected chi connectivity index (χ3v) is 2.67. The third kappa shape index (κ3) is 2.04. The van der Waals surface area contributed by atoms with E-state index in [9.17, 15) is 4.39 Å². The van der Waals surface area contributed by atoms with Gasteiger partial charge in [0.2, 0.25) is 0 Å². The van der Waals surface area contributed by atoms with E-state index in [2.05, 4.69) is 4.90 Å². The molecule has 0 amide bonds. The molecule has 76 valence electrons. The molecule has 1 saturated carbocycles. The number of hydrogen-bond donors (Lipinski definition) is 1. The van der Waals surface area contributed by atoms with Crippen LogP contribution in [0.4, 0.5) is 10.1 Å². The van der Waals surface area contributed by atoms with Crippen molar-refractivity contribution in [2.24, 2.45) is 0 Å². The highest BCUT2D eigenvalue weighted by molar-refractivity contribution is 5.40. The molecule has 0 radical (unpaired) electrons. The molecule has 1 aliphatic carbocycles. The van der Waals surface area contributed by atoms with Crippen LogP contribution >= 0.6 is 0 Å². The van der Waals surface area contributed by atoms with Crippen LogP contribution in [0.2, 0.25) is 0 Å². The topological polar surface area (TPSA) is 29.3 Å². The summed E-state index contributed by atoms with van der Waals surface area (Å²) in [5.74, 6) is -0.197. The molecule has 2 N–H and O–H groups in total. The molecular weight excluding hydrogens is 179 g/mol. The Morgan fingerprint density at radius 2 is 2.21 bits per heavy atom. The van der Waals surface area contributed by atoms with Crippen LogP contribution in [0.3, 0.4) is 0 Å². The van der Waals surface area contributed by atoms with Crippen LogP contribution in [0, 0.1) is 5.82 Å². The zero-order valence-electron chi connectivity index (χ0n) is 8.33. The molecular formula is C11H15FN2. The molecule has 1 aliphatic rings. The highest BCUT2D eigenvalue weighted by atomic mass is 19.1. The molecule has 2 rings (SSSR count). The Labute approximate surface area is 83.5 Å². The van der Waals surface area contributed by atoms with Gasteiger partial charge in [-0.3, -0.25) is 4.90 Å². The van der Waals surface area contributed by atoms with E-state index in [0.717, 1.165) is 5.56 Å². The van der Waals surface area contributed by atoms with Crippen molar-refractivity contribution in [1.29, 1.82) is 0 Å². The summed E-state index contributed by atoms with van der Waals surface area (Å²) < 4.78 is 13.4. The lowest BCUT2D eigenvalue weighted by Gasteiger charge is -2.16. The molecule has 0 atom stereocenters. The summed E-state index contributed by atoms with van der Waals surface area (Å²) in [6.45, 7) is 0.677. The summed E-state index contributed by atoms with van der Waals surface area (Å²) in [5.41, 5.74) is 6.69. The van der Waals surface area contributed by atoms with E-state index in [0.29, 0.717) is 18.3 Å². The number of nitrogen functional groups attached to an aromatic ring is 1. The lowest BCUT2D eigenvalue weighted by Crippen LogP contribution is -2.20. The molecule has 1 aromatic carbocycles. The van der Waals surface area contributed by atoms with Gasteiger partial charge in [0.05, 0.1) is 0 Å². The van der Waals surface area contributed by atoms with Crippen molar-refractivity contribution < 1.29 is 4.39 Å². The van der Waals surface area contributed by atoms with E-state index in [1.54, 1.807) is 12.1 Å². The van der Waals surface area contributed by atoms with Crippen molar-refractivity contribution in [2.45, 2.75) is 25.4 Å². The number of halogens is 1. The first kappa shape index (κ1) is 9.46. The quantitative estimate of drug-likeness (QED) is 0.746. The number of anilines is 1. The van der Waals surface area contributed by atoms with Gasteiger partial charge in [-0.05, 0) is 32.0 Å². The van der Waals surface area contributed by atoms with Crippen LogP contribution < -0.4 is 5.73 Å². The Morgan fingerprint density at radius 3 is 2.79 bits per heavy atom. The first-order chi connectivity index (χ1) is 6.66. The minimum atomic E-state index is -0.197. The van der Waals surface area contributed by atoms with Crippen LogP contribution in [-0.2, 0) is 6.54 Å². The Morgan fingerprint density at radius 1 is 1.50 bits per heavy atom. The highest BCUT2D eigenvalue weighted by Crippen LogP contribution is 2.27. The fourth-order valence-electron chi connectivity index (χ4n) is 1.60. The Hall–Kier alpha value is -1.09. The van der Waals surface area contributed by atoms with Crippen LogP contribution in [-0.4, -0.2) is 18.0 Å². The van der Waals surface area contributed by atoms with Gasteiger partial charge in [-0.25, -0.2) is 4.39 Å². The first-order valence-electron chi connectivity index (χ1n) is 4.91. The standard InChI is InChI=1S/C11H15FN2/c1-14(10-4-5-10)7-8-2-3-9(13)6-11(8)12/h2-3,6,10H,4-5,7,13H2,1H3. The molecule has 0 unspecified atom stereocenters. The van der Waals surface area contributed by atoms with E-state index < -0.39 is 0 Å². The average molecular weight is 194 g/mol. The van der Waals surface area contributed by atoms with Crippen molar-refractivity contribution in [2.75, 3.05) is 12.8 Å². The van der Waals surface area contributed by atoms with Crippen LogP contribution in [0.25, 0.3) is 0 Å². The van der Waals surface area contributed by atoms with Gasteiger partial charge in [-0.15, -0.1) is 0 Å². The maximum Gasteiger partial charge on any atom is 0.129 e. The van der Waals surface area contributed by atoms with Gasteiger partial charge < -0.3 is 5.73 Å². The molecule has 0 bridgehead atoms. The predicted molar refractivity (Wildman–Crippen MR) is 55.3 cm³/mol. The minimum Gasteiger partial charge on any atom is -0.399 e. The van der Waals surface area contributed by atoms with Gasteiger partial charge in [-0.1, -0.05) is 6.07 Å². The lowest BCUT2D eigenvalue weighted by molar-refractivity contribution is 0.311. The van der Waals surface area contributed by atoms with Crippen molar-refractivity contribution >= 4 is 5.69 Å². The highest BCUT2D eigenvalue weighted by Gasteiger charge is 2.26. The smallest absolute Gasteiger partial charge is 0.129 e. The second kappa shape index (κ2) is 3.58. The maximum atomic E-state index is 13.4. The van der Waals surface area contributed by atoms with E-state index >= 15 is 0 Å². The third-order valence-electron chi connectivity index (χ3n) is 2.67. The summed E-state index contributed by atoms with van der Waals surface area (Å²) in [6, 6.07) is 5.56. The van der Waals surface area contributed by atoms with Crippen LogP contribution in [0.5, 0.6) is 0 Å². The molecule has 0 aromatic heterocycles.